The maximum Gasteiger partial charge on any atom is 0.432 e. The number of rotatable bonds is 1. The largest absolute Gasteiger partial charge is 0.614 e. The Morgan fingerprint density at radius 1 is 1.55 bits per heavy atom. The first-order valence-electron chi connectivity index (χ1n) is 2.74. The molecule has 5 nitrogen and oxygen atoms in total. The maximum atomic E-state index is 10.8. The molecular weight excluding hydrogens is 168 g/mol. The van der Waals surface area contributed by atoms with Gasteiger partial charge in [-0.25, -0.2) is 0 Å². The van der Waals surface area contributed by atoms with E-state index >= 15 is 0 Å². The number of aromatic nitrogens is 2. The summed E-state index contributed by atoms with van der Waals surface area (Å²) in [6.45, 7) is 0. The molecule has 0 unspecified atom stereocenters. The van der Waals surface area contributed by atoms with Crippen LogP contribution in [-0.2, 0) is 0 Å². The predicted molar refractivity (Wildman–Crippen MR) is 38.2 cm³/mol. The SMILES string of the molecule is COc1c(S)c[n+]([O-])c[n+]1[O-]. The molecule has 0 atom stereocenters. The van der Waals surface area contributed by atoms with Crippen molar-refractivity contribution in [1.82, 2.24) is 0 Å². The van der Waals surface area contributed by atoms with Crippen LogP contribution in [0.15, 0.2) is 17.4 Å². The third-order valence-electron chi connectivity index (χ3n) is 1.08. The van der Waals surface area contributed by atoms with Gasteiger partial charge in [-0.15, -0.1) is 17.4 Å². The lowest BCUT2D eigenvalue weighted by Crippen LogP contribution is -2.41. The minimum absolute atomic E-state index is 0.0143. The molecule has 1 aromatic heterocycles. The molecule has 1 rings (SSSR count). The molecule has 0 N–H and O–H groups in total. The van der Waals surface area contributed by atoms with Crippen LogP contribution in [0.1, 0.15) is 0 Å². The number of nitrogens with zero attached hydrogens (tertiary/aromatic N) is 2. The summed E-state index contributed by atoms with van der Waals surface area (Å²) < 4.78 is 5.33. The van der Waals surface area contributed by atoms with Gasteiger partial charge in [0, 0.05) is 0 Å². The maximum absolute atomic E-state index is 10.8. The Balaban J connectivity index is 3.25. The first-order valence-corrected chi connectivity index (χ1v) is 3.19. The van der Waals surface area contributed by atoms with Crippen LogP contribution >= 0.6 is 12.6 Å². The molecular formula is C5H6N2O3S. The summed E-state index contributed by atoms with van der Waals surface area (Å²) in [5, 5.41) is 21.4. The van der Waals surface area contributed by atoms with Gasteiger partial charge in [-0.2, -0.15) is 0 Å². The third-order valence-corrected chi connectivity index (χ3v) is 1.39. The lowest BCUT2D eigenvalue weighted by molar-refractivity contribution is -0.750. The summed E-state index contributed by atoms with van der Waals surface area (Å²) >= 11 is 3.85. The fourth-order valence-corrected chi connectivity index (χ4v) is 0.976. The second-order valence-corrected chi connectivity index (χ2v) is 2.31. The number of thiol groups is 1. The molecule has 0 saturated carbocycles. The minimum Gasteiger partial charge on any atom is -0.614 e. The van der Waals surface area contributed by atoms with Gasteiger partial charge in [0.05, 0.1) is 7.11 Å². The molecule has 0 fully saturated rings. The third kappa shape index (κ3) is 1.45. The highest BCUT2D eigenvalue weighted by atomic mass is 32.1. The van der Waals surface area contributed by atoms with Gasteiger partial charge in [0.1, 0.15) is 0 Å². The lowest BCUT2D eigenvalue weighted by atomic mass is 10.6. The van der Waals surface area contributed by atoms with Crippen LogP contribution in [0.4, 0.5) is 0 Å². The van der Waals surface area contributed by atoms with Crippen molar-refractivity contribution in [3.05, 3.63) is 22.9 Å². The van der Waals surface area contributed by atoms with Crippen LogP contribution in [0.5, 0.6) is 5.88 Å². The van der Waals surface area contributed by atoms with Gasteiger partial charge >= 0.3 is 12.2 Å². The van der Waals surface area contributed by atoms with Crippen LogP contribution in [0.3, 0.4) is 0 Å². The zero-order valence-corrected chi connectivity index (χ0v) is 6.62. The van der Waals surface area contributed by atoms with E-state index < -0.39 is 0 Å². The fourth-order valence-electron chi connectivity index (χ4n) is 0.672. The molecule has 6 heteroatoms. The minimum atomic E-state index is 0.0143. The van der Waals surface area contributed by atoms with Crippen molar-refractivity contribution in [2.75, 3.05) is 7.11 Å². The van der Waals surface area contributed by atoms with Gasteiger partial charge in [0.25, 0.3) is 0 Å². The van der Waals surface area contributed by atoms with Gasteiger partial charge in [0.2, 0.25) is 6.20 Å². The van der Waals surface area contributed by atoms with E-state index in [2.05, 4.69) is 17.4 Å². The molecule has 1 aromatic rings. The Morgan fingerprint density at radius 2 is 2.18 bits per heavy atom. The normalized spacial score (nSPS) is 9.64. The van der Waals surface area contributed by atoms with Crippen molar-refractivity contribution in [2.45, 2.75) is 4.90 Å². The van der Waals surface area contributed by atoms with Crippen LogP contribution in [0.25, 0.3) is 0 Å². The highest BCUT2D eigenvalue weighted by Gasteiger charge is 2.14. The molecule has 1 heterocycles. The quantitative estimate of drug-likeness (QED) is 0.346. The summed E-state index contributed by atoms with van der Waals surface area (Å²) in [7, 11) is 1.33. The standard InChI is InChI=1S/C5H6N2O3S/c1-10-5-4(11)2-6(8)3-7(5)9/h2-3,11H,1H3. The van der Waals surface area contributed by atoms with E-state index in [1.165, 1.54) is 7.11 Å². The first kappa shape index (κ1) is 7.93. The van der Waals surface area contributed by atoms with E-state index in [0.29, 0.717) is 9.46 Å². The second-order valence-electron chi connectivity index (χ2n) is 1.82. The number of hydrogen-bond acceptors (Lipinski definition) is 4. The van der Waals surface area contributed by atoms with Crippen molar-refractivity contribution in [3.8, 4) is 5.88 Å². The van der Waals surface area contributed by atoms with E-state index in [1.54, 1.807) is 0 Å². The fraction of sp³-hybridized carbons (Fsp3) is 0.200. The zero-order chi connectivity index (χ0) is 8.43. The smallest absolute Gasteiger partial charge is 0.432 e. The summed E-state index contributed by atoms with van der Waals surface area (Å²) in [5.41, 5.74) is 0. The van der Waals surface area contributed by atoms with E-state index in [0.717, 1.165) is 12.5 Å². The van der Waals surface area contributed by atoms with Crippen molar-refractivity contribution < 1.29 is 14.2 Å². The van der Waals surface area contributed by atoms with Gasteiger partial charge in [-0.3, -0.25) is 0 Å². The molecule has 0 aliphatic rings. The van der Waals surface area contributed by atoms with Crippen molar-refractivity contribution in [3.63, 3.8) is 0 Å². The van der Waals surface area contributed by atoms with E-state index in [9.17, 15) is 10.4 Å². The van der Waals surface area contributed by atoms with Crippen LogP contribution in [0.2, 0.25) is 0 Å². The van der Waals surface area contributed by atoms with Crippen LogP contribution in [0, 0.1) is 10.4 Å². The number of ether oxygens (including phenoxy) is 1. The summed E-state index contributed by atoms with van der Waals surface area (Å²) in [6, 6.07) is 0. The summed E-state index contributed by atoms with van der Waals surface area (Å²) in [5.74, 6) is 0.0143. The lowest BCUT2D eigenvalue weighted by Gasteiger charge is -2.02. The van der Waals surface area contributed by atoms with Gasteiger partial charge < -0.3 is 15.2 Å². The Labute approximate surface area is 68.4 Å². The van der Waals surface area contributed by atoms with Gasteiger partial charge in [0.15, 0.2) is 4.90 Å². The summed E-state index contributed by atoms with van der Waals surface area (Å²) in [4.78, 5) is 0.208. The topological polar surface area (TPSA) is 63.1 Å². The molecule has 11 heavy (non-hydrogen) atoms. The molecule has 0 radical (unpaired) electrons. The molecule has 0 aliphatic carbocycles. The molecule has 0 amide bonds. The molecule has 0 aliphatic heterocycles. The van der Waals surface area contributed by atoms with Crippen molar-refractivity contribution in [2.24, 2.45) is 0 Å². The second kappa shape index (κ2) is 2.83. The van der Waals surface area contributed by atoms with Crippen LogP contribution < -0.4 is 14.2 Å². The Bertz CT molecular complexity index is 255. The highest BCUT2D eigenvalue weighted by Crippen LogP contribution is 2.12. The average Bonchev–Trinajstić information content (AvgIpc) is 1.85. The Morgan fingerprint density at radius 3 is 2.64 bits per heavy atom. The predicted octanol–water partition coefficient (Wildman–Crippen LogP) is -0.749. The zero-order valence-electron chi connectivity index (χ0n) is 5.72. The molecule has 60 valence electrons. The highest BCUT2D eigenvalue weighted by molar-refractivity contribution is 7.80. The summed E-state index contributed by atoms with van der Waals surface area (Å²) in [6.07, 6.45) is 1.94. The average molecular weight is 174 g/mol. The Hall–Kier alpha value is -1.17. The van der Waals surface area contributed by atoms with Gasteiger partial charge in [-0.05, 0) is 0 Å². The van der Waals surface area contributed by atoms with Gasteiger partial charge in [-0.1, -0.05) is 4.73 Å². The molecule has 0 saturated heterocycles. The van der Waals surface area contributed by atoms with Crippen molar-refractivity contribution >= 4 is 12.6 Å². The Kier molecular flexibility index (Phi) is 2.04. The van der Waals surface area contributed by atoms with E-state index in [1.807, 2.05) is 0 Å². The molecule has 0 bridgehead atoms. The number of methoxy groups -OCH3 is 1. The number of hydrogen-bond donors (Lipinski definition) is 1. The molecule has 0 spiro atoms. The molecule has 0 aromatic carbocycles. The van der Waals surface area contributed by atoms with Crippen molar-refractivity contribution in [1.29, 1.82) is 0 Å². The van der Waals surface area contributed by atoms with E-state index in [4.69, 9.17) is 0 Å². The van der Waals surface area contributed by atoms with E-state index in [-0.39, 0.29) is 10.8 Å². The monoisotopic (exact) mass is 174 g/mol. The first-order chi connectivity index (χ1) is 5.15. The van der Waals surface area contributed by atoms with Crippen LogP contribution in [-0.4, -0.2) is 7.11 Å².